The van der Waals surface area contributed by atoms with Crippen molar-refractivity contribution in [1.82, 2.24) is 0 Å². The SMILES string of the molecule is C=C(C)C(CO)C(O)[Si](C)(C)C. The van der Waals surface area contributed by atoms with Crippen LogP contribution in [0.25, 0.3) is 0 Å². The van der Waals surface area contributed by atoms with E-state index in [4.69, 9.17) is 5.11 Å². The zero-order valence-electron chi connectivity index (χ0n) is 8.46. The van der Waals surface area contributed by atoms with Gasteiger partial charge in [0, 0.05) is 5.92 Å². The second-order valence-electron chi connectivity index (χ2n) is 4.45. The molecule has 0 bridgehead atoms. The molecule has 3 heteroatoms. The second-order valence-corrected chi connectivity index (χ2v) is 9.77. The first kappa shape index (κ1) is 11.9. The Kier molecular flexibility index (Phi) is 4.17. The lowest BCUT2D eigenvalue weighted by Crippen LogP contribution is -2.45. The molecular weight excluding hydrogens is 168 g/mol. The third kappa shape index (κ3) is 3.09. The van der Waals surface area contributed by atoms with E-state index in [1.165, 1.54) is 0 Å². The lowest BCUT2D eigenvalue weighted by molar-refractivity contribution is 0.135. The van der Waals surface area contributed by atoms with E-state index in [-0.39, 0.29) is 18.3 Å². The minimum atomic E-state index is -1.57. The molecule has 2 unspecified atom stereocenters. The van der Waals surface area contributed by atoms with Crippen LogP contribution in [0.4, 0.5) is 0 Å². The van der Waals surface area contributed by atoms with Crippen molar-refractivity contribution >= 4 is 8.07 Å². The third-order valence-corrected chi connectivity index (χ3v) is 4.28. The normalized spacial score (nSPS) is 17.2. The van der Waals surface area contributed by atoms with Crippen molar-refractivity contribution in [3.8, 4) is 0 Å². The van der Waals surface area contributed by atoms with Crippen molar-refractivity contribution in [2.75, 3.05) is 6.61 Å². The molecule has 0 fully saturated rings. The summed E-state index contributed by atoms with van der Waals surface area (Å²) < 4.78 is 0. The first-order chi connectivity index (χ1) is 5.30. The third-order valence-electron chi connectivity index (χ3n) is 2.10. The Morgan fingerprint density at radius 1 is 1.42 bits per heavy atom. The van der Waals surface area contributed by atoms with Gasteiger partial charge in [0.1, 0.15) is 0 Å². The molecule has 72 valence electrons. The van der Waals surface area contributed by atoms with E-state index in [0.29, 0.717) is 0 Å². The average molecular weight is 188 g/mol. The lowest BCUT2D eigenvalue weighted by Gasteiger charge is -2.30. The van der Waals surface area contributed by atoms with Gasteiger partial charge in [-0.15, -0.1) is 0 Å². The molecule has 0 rings (SSSR count). The topological polar surface area (TPSA) is 40.5 Å². The molecule has 12 heavy (non-hydrogen) atoms. The highest BCUT2D eigenvalue weighted by atomic mass is 28.3. The highest BCUT2D eigenvalue weighted by Crippen LogP contribution is 2.21. The Labute approximate surface area is 75.9 Å². The van der Waals surface area contributed by atoms with E-state index < -0.39 is 8.07 Å². The number of rotatable bonds is 4. The van der Waals surface area contributed by atoms with Gasteiger partial charge in [-0.05, 0) is 6.92 Å². The van der Waals surface area contributed by atoms with Crippen LogP contribution in [-0.2, 0) is 0 Å². The van der Waals surface area contributed by atoms with E-state index in [1.54, 1.807) is 0 Å². The van der Waals surface area contributed by atoms with Gasteiger partial charge < -0.3 is 10.2 Å². The van der Waals surface area contributed by atoms with Gasteiger partial charge in [0.15, 0.2) is 0 Å². The molecule has 2 atom stereocenters. The summed E-state index contributed by atoms with van der Waals surface area (Å²) in [5, 5.41) is 18.9. The summed E-state index contributed by atoms with van der Waals surface area (Å²) in [7, 11) is -1.57. The fraction of sp³-hybridized carbons (Fsp3) is 0.778. The monoisotopic (exact) mass is 188 g/mol. The fourth-order valence-electron chi connectivity index (χ4n) is 1.13. The molecule has 0 aromatic carbocycles. The van der Waals surface area contributed by atoms with Gasteiger partial charge in [0.05, 0.1) is 20.4 Å². The maximum Gasteiger partial charge on any atom is 0.0790 e. The van der Waals surface area contributed by atoms with E-state index in [9.17, 15) is 5.11 Å². The maximum atomic E-state index is 9.86. The van der Waals surface area contributed by atoms with Crippen molar-refractivity contribution in [2.45, 2.75) is 32.3 Å². The molecule has 0 heterocycles. The Morgan fingerprint density at radius 3 is 1.92 bits per heavy atom. The first-order valence-corrected chi connectivity index (χ1v) is 7.82. The van der Waals surface area contributed by atoms with E-state index in [1.807, 2.05) is 6.92 Å². The summed E-state index contributed by atoms with van der Waals surface area (Å²) in [6.07, 6.45) is 0. The maximum absolute atomic E-state index is 9.86. The summed E-state index contributed by atoms with van der Waals surface area (Å²) in [5.74, 6) is -0.142. The van der Waals surface area contributed by atoms with Crippen LogP contribution >= 0.6 is 0 Å². The summed E-state index contributed by atoms with van der Waals surface area (Å²) in [5.41, 5.74) is 0.479. The van der Waals surface area contributed by atoms with Gasteiger partial charge >= 0.3 is 0 Å². The Balaban J connectivity index is 4.42. The first-order valence-electron chi connectivity index (χ1n) is 4.25. The van der Waals surface area contributed by atoms with E-state index in [2.05, 4.69) is 26.2 Å². The van der Waals surface area contributed by atoms with E-state index >= 15 is 0 Å². The fourth-order valence-corrected chi connectivity index (χ4v) is 2.73. The standard InChI is InChI=1S/C9H20O2Si/c1-7(2)8(6-10)9(11)12(3,4)5/h8-11H,1,6H2,2-5H3. The van der Waals surface area contributed by atoms with Crippen LogP contribution < -0.4 is 0 Å². The summed E-state index contributed by atoms with van der Waals surface area (Å²) in [4.78, 5) is 0. The molecule has 0 aliphatic carbocycles. The number of hydrogen-bond acceptors (Lipinski definition) is 2. The van der Waals surface area contributed by atoms with Crippen LogP contribution in [0, 0.1) is 5.92 Å². The van der Waals surface area contributed by atoms with Gasteiger partial charge in [-0.1, -0.05) is 31.8 Å². The summed E-state index contributed by atoms with van der Waals surface area (Å²) in [6.45, 7) is 11.9. The highest BCUT2D eigenvalue weighted by molar-refractivity contribution is 6.77. The van der Waals surface area contributed by atoms with Gasteiger partial charge in [0.25, 0.3) is 0 Å². The molecule has 2 nitrogen and oxygen atoms in total. The van der Waals surface area contributed by atoms with Crippen molar-refractivity contribution in [1.29, 1.82) is 0 Å². The molecule has 0 saturated heterocycles. The largest absolute Gasteiger partial charge is 0.396 e. The Hall–Kier alpha value is -0.123. The van der Waals surface area contributed by atoms with Gasteiger partial charge in [-0.3, -0.25) is 0 Å². The molecule has 0 aromatic rings. The van der Waals surface area contributed by atoms with Crippen LogP contribution in [0.2, 0.25) is 19.6 Å². The quantitative estimate of drug-likeness (QED) is 0.517. The van der Waals surface area contributed by atoms with Crippen LogP contribution in [0.5, 0.6) is 0 Å². The Morgan fingerprint density at radius 2 is 1.83 bits per heavy atom. The molecule has 0 aromatic heterocycles. The van der Waals surface area contributed by atoms with Crippen molar-refractivity contribution in [2.24, 2.45) is 5.92 Å². The van der Waals surface area contributed by atoms with Gasteiger partial charge in [-0.25, -0.2) is 0 Å². The zero-order chi connectivity index (χ0) is 9.94. The highest BCUT2D eigenvalue weighted by Gasteiger charge is 2.31. The molecule has 0 aliphatic rings. The van der Waals surface area contributed by atoms with Gasteiger partial charge in [-0.2, -0.15) is 0 Å². The van der Waals surface area contributed by atoms with Crippen LogP contribution in [-0.4, -0.2) is 30.6 Å². The van der Waals surface area contributed by atoms with Crippen molar-refractivity contribution in [3.05, 3.63) is 12.2 Å². The average Bonchev–Trinajstić information content (AvgIpc) is 1.86. The predicted octanol–water partition coefficient (Wildman–Crippen LogP) is 1.41. The number of aliphatic hydroxyl groups excluding tert-OH is 2. The minimum Gasteiger partial charge on any atom is -0.396 e. The molecule has 0 radical (unpaired) electrons. The zero-order valence-corrected chi connectivity index (χ0v) is 9.46. The summed E-state index contributed by atoms with van der Waals surface area (Å²) >= 11 is 0. The van der Waals surface area contributed by atoms with Crippen molar-refractivity contribution < 1.29 is 10.2 Å². The van der Waals surface area contributed by atoms with Crippen molar-refractivity contribution in [3.63, 3.8) is 0 Å². The molecule has 0 amide bonds. The second kappa shape index (κ2) is 4.21. The number of aliphatic hydroxyl groups is 2. The summed E-state index contributed by atoms with van der Waals surface area (Å²) in [6, 6.07) is 0. The Bertz CT molecular complexity index is 160. The van der Waals surface area contributed by atoms with Crippen LogP contribution in [0.15, 0.2) is 12.2 Å². The minimum absolute atomic E-state index is 0.000764. The number of hydrogen-bond donors (Lipinski definition) is 2. The van der Waals surface area contributed by atoms with Crippen LogP contribution in [0.1, 0.15) is 6.92 Å². The lowest BCUT2D eigenvalue weighted by atomic mass is 10.0. The van der Waals surface area contributed by atoms with Crippen LogP contribution in [0.3, 0.4) is 0 Å². The van der Waals surface area contributed by atoms with Gasteiger partial charge in [0.2, 0.25) is 0 Å². The molecule has 0 spiro atoms. The van der Waals surface area contributed by atoms with E-state index in [0.717, 1.165) is 5.57 Å². The molecule has 0 saturated carbocycles. The smallest absolute Gasteiger partial charge is 0.0790 e. The molecule has 2 N–H and O–H groups in total. The predicted molar refractivity (Wildman–Crippen MR) is 54.7 cm³/mol. The molecular formula is C9H20O2Si. The molecule has 0 aliphatic heterocycles.